The minimum absolute atomic E-state index is 0.249. The van der Waals surface area contributed by atoms with Gasteiger partial charge in [0.15, 0.2) is 5.13 Å². The largest absolute Gasteiger partial charge is 0.508 e. The van der Waals surface area contributed by atoms with Gasteiger partial charge < -0.3 is 10.4 Å². The molecule has 0 fully saturated rings. The quantitative estimate of drug-likeness (QED) is 0.340. The van der Waals surface area contributed by atoms with Crippen LogP contribution in [0.2, 0.25) is 0 Å². The molecule has 0 aliphatic rings. The van der Waals surface area contributed by atoms with Crippen LogP contribution >= 0.6 is 23.3 Å². The minimum atomic E-state index is 0.249. The smallest absolute Gasteiger partial charge is 0.233 e. The number of benzene rings is 2. The van der Waals surface area contributed by atoms with Gasteiger partial charge in [0.1, 0.15) is 5.75 Å². The maximum atomic E-state index is 9.41. The van der Waals surface area contributed by atoms with Gasteiger partial charge >= 0.3 is 0 Å². The van der Waals surface area contributed by atoms with Crippen molar-refractivity contribution in [1.29, 1.82) is 0 Å². The van der Waals surface area contributed by atoms with Gasteiger partial charge in [0, 0.05) is 32.9 Å². The minimum Gasteiger partial charge on any atom is -0.508 e. The predicted molar refractivity (Wildman–Crippen MR) is 120 cm³/mol. The molecule has 0 aliphatic carbocycles. The molecule has 8 heteroatoms. The Kier molecular flexibility index (Phi) is 5.64. The van der Waals surface area contributed by atoms with Crippen molar-refractivity contribution in [2.45, 2.75) is 18.7 Å². The molecule has 0 bridgehead atoms. The van der Waals surface area contributed by atoms with Crippen molar-refractivity contribution in [3.63, 3.8) is 0 Å². The first-order valence-electron chi connectivity index (χ1n) is 8.92. The molecule has 3 N–H and O–H groups in total. The summed E-state index contributed by atoms with van der Waals surface area (Å²) >= 11 is 3.01. The van der Waals surface area contributed by atoms with Gasteiger partial charge in [-0.15, -0.1) is 11.3 Å². The van der Waals surface area contributed by atoms with E-state index in [0.29, 0.717) is 5.95 Å². The van der Waals surface area contributed by atoms with Crippen LogP contribution < -0.4 is 10.0 Å². The standard InChI is InChI=1S/C21H19N5OS2/c1-13-11-14(2)23-20(22-13)26-29-18-9-5-16(6-10-18)24-21-25-19(12-28-21)15-3-7-17(27)8-4-15/h3-12,27H,1-2H3,(H,24,25)(H,22,23,26). The SMILES string of the molecule is Cc1cc(C)nc(NSc2ccc(Nc3nc(-c4ccc(O)cc4)cs3)cc2)n1. The fourth-order valence-electron chi connectivity index (χ4n) is 2.70. The van der Waals surface area contributed by atoms with Crippen LogP contribution in [-0.2, 0) is 0 Å². The Bertz CT molecular complexity index is 1090. The van der Waals surface area contributed by atoms with Gasteiger partial charge in [-0.2, -0.15) is 0 Å². The molecule has 146 valence electrons. The highest BCUT2D eigenvalue weighted by atomic mass is 32.2. The van der Waals surface area contributed by atoms with Gasteiger partial charge in [-0.3, -0.25) is 4.72 Å². The molecule has 0 radical (unpaired) electrons. The molecule has 4 rings (SSSR count). The van der Waals surface area contributed by atoms with Crippen molar-refractivity contribution < 1.29 is 5.11 Å². The Morgan fingerprint density at radius 3 is 2.28 bits per heavy atom. The van der Waals surface area contributed by atoms with E-state index in [-0.39, 0.29) is 5.75 Å². The summed E-state index contributed by atoms with van der Waals surface area (Å²) in [6.45, 7) is 3.91. The summed E-state index contributed by atoms with van der Waals surface area (Å²) in [5.41, 5.74) is 4.69. The molecular weight excluding hydrogens is 402 g/mol. The van der Waals surface area contributed by atoms with E-state index in [1.54, 1.807) is 12.1 Å². The predicted octanol–water partition coefficient (Wildman–Crippen LogP) is 5.79. The summed E-state index contributed by atoms with van der Waals surface area (Å²) in [5.74, 6) is 0.859. The third-order valence-corrected chi connectivity index (χ3v) is 5.57. The molecule has 6 nitrogen and oxygen atoms in total. The molecule has 2 heterocycles. The highest BCUT2D eigenvalue weighted by Crippen LogP contribution is 2.29. The molecule has 2 aromatic heterocycles. The number of aromatic nitrogens is 3. The normalized spacial score (nSPS) is 10.7. The molecular formula is C21H19N5OS2. The first kappa shape index (κ1) is 19.2. The number of aryl methyl sites for hydroxylation is 2. The van der Waals surface area contributed by atoms with Crippen LogP contribution in [0.25, 0.3) is 11.3 Å². The monoisotopic (exact) mass is 421 g/mol. The number of nitrogens with one attached hydrogen (secondary N) is 2. The summed E-state index contributed by atoms with van der Waals surface area (Å²) in [7, 11) is 0. The maximum absolute atomic E-state index is 9.41. The van der Waals surface area contributed by atoms with Gasteiger partial charge in [0.25, 0.3) is 0 Å². The lowest BCUT2D eigenvalue weighted by molar-refractivity contribution is 0.475. The van der Waals surface area contributed by atoms with E-state index in [2.05, 4.69) is 25.0 Å². The molecule has 0 saturated heterocycles. The van der Waals surface area contributed by atoms with Crippen LogP contribution in [0.5, 0.6) is 5.75 Å². The zero-order valence-corrected chi connectivity index (χ0v) is 17.5. The summed E-state index contributed by atoms with van der Waals surface area (Å²) in [4.78, 5) is 14.4. The molecule has 0 atom stereocenters. The highest BCUT2D eigenvalue weighted by Gasteiger charge is 2.06. The number of anilines is 3. The number of thiazole rings is 1. The lowest BCUT2D eigenvalue weighted by atomic mass is 10.2. The number of rotatable bonds is 6. The van der Waals surface area contributed by atoms with E-state index < -0.39 is 0 Å². The zero-order chi connectivity index (χ0) is 20.2. The van der Waals surface area contributed by atoms with Gasteiger partial charge in [-0.05, 0) is 80.4 Å². The number of hydrogen-bond donors (Lipinski definition) is 3. The molecule has 2 aromatic carbocycles. The number of phenolic OH excluding ortho intramolecular Hbond substituents is 1. The lowest BCUT2D eigenvalue weighted by Gasteiger charge is -2.07. The van der Waals surface area contributed by atoms with Gasteiger partial charge in [-0.25, -0.2) is 15.0 Å². The number of aromatic hydroxyl groups is 1. The van der Waals surface area contributed by atoms with Crippen LogP contribution in [-0.4, -0.2) is 20.1 Å². The third kappa shape index (κ3) is 5.04. The van der Waals surface area contributed by atoms with Crippen molar-refractivity contribution in [3.05, 3.63) is 71.4 Å². The second kappa shape index (κ2) is 8.50. The Morgan fingerprint density at radius 1 is 0.897 bits per heavy atom. The van der Waals surface area contributed by atoms with E-state index >= 15 is 0 Å². The molecule has 4 aromatic rings. The molecule has 0 saturated carbocycles. The van der Waals surface area contributed by atoms with Crippen molar-refractivity contribution in [2.24, 2.45) is 0 Å². The van der Waals surface area contributed by atoms with Gasteiger partial charge in [0.2, 0.25) is 5.95 Å². The first-order valence-corrected chi connectivity index (χ1v) is 10.6. The van der Waals surface area contributed by atoms with Crippen LogP contribution in [0.15, 0.2) is 64.9 Å². The second-order valence-electron chi connectivity index (χ2n) is 6.41. The van der Waals surface area contributed by atoms with Gasteiger partial charge in [-0.1, -0.05) is 0 Å². The fraction of sp³-hybridized carbons (Fsp3) is 0.0952. The van der Waals surface area contributed by atoms with E-state index in [1.807, 2.05) is 61.7 Å². The second-order valence-corrected chi connectivity index (χ2v) is 8.15. The van der Waals surface area contributed by atoms with E-state index in [4.69, 9.17) is 0 Å². The molecule has 0 unspecified atom stereocenters. The number of nitrogens with zero attached hydrogens (tertiary/aromatic N) is 3. The topological polar surface area (TPSA) is 83.0 Å². The summed E-state index contributed by atoms with van der Waals surface area (Å²) < 4.78 is 3.18. The average Bonchev–Trinajstić information content (AvgIpc) is 3.16. The summed E-state index contributed by atoms with van der Waals surface area (Å²) in [6.07, 6.45) is 0. The lowest BCUT2D eigenvalue weighted by Crippen LogP contribution is -1.98. The molecule has 0 aliphatic heterocycles. The van der Waals surface area contributed by atoms with E-state index in [9.17, 15) is 5.11 Å². The fourth-order valence-corrected chi connectivity index (χ4v) is 4.01. The van der Waals surface area contributed by atoms with Crippen molar-refractivity contribution >= 4 is 40.1 Å². The average molecular weight is 422 g/mol. The molecule has 29 heavy (non-hydrogen) atoms. The first-order chi connectivity index (χ1) is 14.0. The Morgan fingerprint density at radius 2 is 1.59 bits per heavy atom. The number of phenols is 1. The van der Waals surface area contributed by atoms with Crippen LogP contribution in [0.3, 0.4) is 0 Å². The van der Waals surface area contributed by atoms with E-state index in [1.165, 1.54) is 23.3 Å². The van der Waals surface area contributed by atoms with Crippen molar-refractivity contribution in [3.8, 4) is 17.0 Å². The Labute approximate surface area is 177 Å². The zero-order valence-electron chi connectivity index (χ0n) is 15.9. The van der Waals surface area contributed by atoms with Crippen LogP contribution in [0.4, 0.5) is 16.8 Å². The number of hydrogen-bond acceptors (Lipinski definition) is 8. The van der Waals surface area contributed by atoms with Crippen molar-refractivity contribution in [2.75, 3.05) is 10.0 Å². The Balaban J connectivity index is 1.37. The molecule has 0 amide bonds. The Hall–Kier alpha value is -3.10. The van der Waals surface area contributed by atoms with E-state index in [0.717, 1.165) is 38.4 Å². The van der Waals surface area contributed by atoms with Crippen LogP contribution in [0, 0.1) is 13.8 Å². The summed E-state index contributed by atoms with van der Waals surface area (Å²) in [5, 5.41) is 15.5. The highest BCUT2D eigenvalue weighted by molar-refractivity contribution is 8.00. The van der Waals surface area contributed by atoms with Crippen LogP contribution in [0.1, 0.15) is 11.4 Å². The maximum Gasteiger partial charge on any atom is 0.233 e. The third-order valence-electron chi connectivity index (χ3n) is 4.02. The summed E-state index contributed by atoms with van der Waals surface area (Å²) in [6, 6.07) is 17.0. The van der Waals surface area contributed by atoms with Gasteiger partial charge in [0.05, 0.1) is 5.69 Å². The van der Waals surface area contributed by atoms with Crippen molar-refractivity contribution in [1.82, 2.24) is 15.0 Å². The molecule has 0 spiro atoms.